The van der Waals surface area contributed by atoms with Crippen molar-refractivity contribution in [1.82, 2.24) is 14.2 Å². The molecule has 1 fully saturated rings. The van der Waals surface area contributed by atoms with Gasteiger partial charge in [0.05, 0.1) is 6.20 Å². The highest BCUT2D eigenvalue weighted by Crippen LogP contribution is 2.26. The predicted octanol–water partition coefficient (Wildman–Crippen LogP) is 1.37. The van der Waals surface area contributed by atoms with Gasteiger partial charge in [-0.15, -0.1) is 0 Å². The molecule has 8 heteroatoms. The van der Waals surface area contributed by atoms with E-state index < -0.39 is 10.0 Å². The Balaban J connectivity index is 2.06. The Morgan fingerprint density at radius 1 is 1.67 bits per heavy atom. The van der Waals surface area contributed by atoms with Crippen LogP contribution in [0.5, 0.6) is 0 Å². The first-order chi connectivity index (χ1) is 8.39. The third kappa shape index (κ3) is 3.03. The Morgan fingerprint density at radius 3 is 2.89 bits per heavy atom. The van der Waals surface area contributed by atoms with E-state index in [2.05, 4.69) is 16.9 Å². The van der Waals surface area contributed by atoms with Gasteiger partial charge in [0, 0.05) is 20.1 Å². The summed E-state index contributed by atoms with van der Waals surface area (Å²) in [6.07, 6.45) is 2.36. The minimum absolute atomic E-state index is 0.210. The predicted molar refractivity (Wildman–Crippen MR) is 72.5 cm³/mol. The van der Waals surface area contributed by atoms with Crippen molar-refractivity contribution in [3.63, 3.8) is 0 Å². The molecule has 2 rings (SSSR count). The summed E-state index contributed by atoms with van der Waals surface area (Å²) in [6.45, 7) is 2.52. The minimum Gasteiger partial charge on any atom is -0.306 e. The van der Waals surface area contributed by atoms with Crippen LogP contribution in [0.25, 0.3) is 0 Å². The molecule has 0 saturated carbocycles. The number of hydrogen-bond acceptors (Lipinski definition) is 5. The van der Waals surface area contributed by atoms with E-state index in [1.54, 1.807) is 7.05 Å². The fourth-order valence-electron chi connectivity index (χ4n) is 2.15. The Hall–Kier alpha value is -0.210. The zero-order chi connectivity index (χ0) is 13.3. The summed E-state index contributed by atoms with van der Waals surface area (Å²) < 4.78 is 26.3. The lowest BCUT2D eigenvalue weighted by Crippen LogP contribution is -2.32. The van der Waals surface area contributed by atoms with Gasteiger partial charge in [-0.3, -0.25) is 0 Å². The molecule has 1 aliphatic rings. The first-order valence-corrected chi connectivity index (χ1v) is 8.29. The summed E-state index contributed by atoms with van der Waals surface area (Å²) in [6, 6.07) is 0. The summed E-state index contributed by atoms with van der Waals surface area (Å²) in [5.41, 5.74) is 0. The highest BCUT2D eigenvalue weighted by molar-refractivity contribution is 7.91. The molecule has 0 radical (unpaired) electrons. The first-order valence-electron chi connectivity index (χ1n) is 5.66. The van der Waals surface area contributed by atoms with Gasteiger partial charge in [0.15, 0.2) is 8.68 Å². The zero-order valence-corrected chi connectivity index (χ0v) is 12.7. The third-order valence-corrected chi connectivity index (χ3v) is 6.50. The van der Waals surface area contributed by atoms with Crippen LogP contribution in [0.15, 0.2) is 10.4 Å². The molecule has 0 N–H and O–H groups in total. The molecule has 1 atom stereocenters. The second-order valence-electron chi connectivity index (χ2n) is 4.63. The van der Waals surface area contributed by atoms with Crippen molar-refractivity contribution < 1.29 is 8.42 Å². The minimum atomic E-state index is -3.44. The van der Waals surface area contributed by atoms with Crippen LogP contribution in [-0.2, 0) is 10.0 Å². The van der Waals surface area contributed by atoms with Crippen molar-refractivity contribution in [3.05, 3.63) is 10.7 Å². The number of nitrogens with zero attached hydrogens (tertiary/aromatic N) is 3. The second kappa shape index (κ2) is 5.42. The van der Waals surface area contributed by atoms with Crippen LogP contribution in [0.2, 0.25) is 4.47 Å². The van der Waals surface area contributed by atoms with Crippen molar-refractivity contribution in [1.29, 1.82) is 0 Å². The standard InChI is InChI=1S/C10H16ClN3O2S2/c1-13-4-3-8(6-13)7-14(2)18(15,16)9-5-12-10(11)17-9/h5,8H,3-4,6-7H2,1-2H3. The van der Waals surface area contributed by atoms with E-state index in [9.17, 15) is 8.42 Å². The zero-order valence-electron chi connectivity index (χ0n) is 10.3. The number of thiazole rings is 1. The van der Waals surface area contributed by atoms with Gasteiger partial charge in [-0.05, 0) is 25.9 Å². The highest BCUT2D eigenvalue weighted by Gasteiger charge is 2.28. The van der Waals surface area contributed by atoms with Crippen LogP contribution < -0.4 is 0 Å². The lowest BCUT2D eigenvalue weighted by molar-refractivity contribution is 0.357. The van der Waals surface area contributed by atoms with Crippen LogP contribution >= 0.6 is 22.9 Å². The van der Waals surface area contributed by atoms with E-state index in [4.69, 9.17) is 11.6 Å². The van der Waals surface area contributed by atoms with Gasteiger partial charge < -0.3 is 4.90 Å². The maximum Gasteiger partial charge on any atom is 0.253 e. The molecule has 0 aromatic carbocycles. The molecule has 1 aliphatic heterocycles. The number of rotatable bonds is 4. The summed E-state index contributed by atoms with van der Waals surface area (Å²) in [4.78, 5) is 6.00. The average Bonchev–Trinajstić information content (AvgIpc) is 2.88. The Bertz CT molecular complexity index is 517. The molecule has 1 unspecified atom stereocenters. The quantitative estimate of drug-likeness (QED) is 0.843. The number of hydrogen-bond donors (Lipinski definition) is 0. The van der Waals surface area contributed by atoms with E-state index in [0.29, 0.717) is 12.5 Å². The monoisotopic (exact) mass is 309 g/mol. The van der Waals surface area contributed by atoms with Gasteiger partial charge in [-0.2, -0.15) is 4.31 Å². The van der Waals surface area contributed by atoms with Crippen molar-refractivity contribution in [3.8, 4) is 0 Å². The molecule has 1 saturated heterocycles. The summed E-state index contributed by atoms with van der Waals surface area (Å²) in [5.74, 6) is 0.401. The molecular weight excluding hydrogens is 294 g/mol. The van der Waals surface area contributed by atoms with E-state index in [1.165, 1.54) is 10.5 Å². The van der Waals surface area contributed by atoms with Crippen LogP contribution in [0, 0.1) is 5.92 Å². The number of sulfonamides is 1. The van der Waals surface area contributed by atoms with Gasteiger partial charge >= 0.3 is 0 Å². The third-order valence-electron chi connectivity index (χ3n) is 3.13. The van der Waals surface area contributed by atoms with Gasteiger partial charge in [-0.25, -0.2) is 13.4 Å². The Kier molecular flexibility index (Phi) is 4.28. The van der Waals surface area contributed by atoms with Crippen LogP contribution in [0.3, 0.4) is 0 Å². The van der Waals surface area contributed by atoms with Crippen molar-refractivity contribution >= 4 is 33.0 Å². The van der Waals surface area contributed by atoms with Crippen molar-refractivity contribution in [2.45, 2.75) is 10.6 Å². The highest BCUT2D eigenvalue weighted by atomic mass is 35.5. The largest absolute Gasteiger partial charge is 0.306 e. The molecule has 0 aliphatic carbocycles. The maximum absolute atomic E-state index is 12.2. The Morgan fingerprint density at radius 2 is 2.39 bits per heavy atom. The summed E-state index contributed by atoms with van der Waals surface area (Å²) >= 11 is 6.67. The van der Waals surface area contributed by atoms with Crippen LogP contribution in [0.1, 0.15) is 6.42 Å². The number of aromatic nitrogens is 1. The van der Waals surface area contributed by atoms with E-state index >= 15 is 0 Å². The molecule has 2 heterocycles. The van der Waals surface area contributed by atoms with E-state index in [-0.39, 0.29) is 8.68 Å². The lowest BCUT2D eigenvalue weighted by Gasteiger charge is -2.19. The molecule has 0 bridgehead atoms. The summed E-state index contributed by atoms with van der Waals surface area (Å²) in [5, 5.41) is 0. The normalized spacial score (nSPS) is 21.9. The van der Waals surface area contributed by atoms with E-state index in [0.717, 1.165) is 30.8 Å². The fourth-order valence-corrected chi connectivity index (χ4v) is 4.90. The number of halogens is 1. The molecule has 0 amide bonds. The van der Waals surface area contributed by atoms with Crippen molar-refractivity contribution in [2.24, 2.45) is 5.92 Å². The first kappa shape index (κ1) is 14.2. The van der Waals surface area contributed by atoms with Crippen molar-refractivity contribution in [2.75, 3.05) is 33.7 Å². The molecule has 18 heavy (non-hydrogen) atoms. The molecule has 1 aromatic rings. The second-order valence-corrected chi connectivity index (χ2v) is 8.52. The SMILES string of the molecule is CN1CCC(CN(C)S(=O)(=O)c2cnc(Cl)s2)C1. The van der Waals surface area contributed by atoms with Gasteiger partial charge in [0.25, 0.3) is 10.0 Å². The van der Waals surface area contributed by atoms with Gasteiger partial charge in [0.2, 0.25) is 0 Å². The molecular formula is C10H16ClN3O2S2. The lowest BCUT2D eigenvalue weighted by atomic mass is 10.1. The van der Waals surface area contributed by atoms with E-state index in [1.807, 2.05) is 0 Å². The topological polar surface area (TPSA) is 53.5 Å². The fraction of sp³-hybridized carbons (Fsp3) is 0.700. The maximum atomic E-state index is 12.2. The molecule has 5 nitrogen and oxygen atoms in total. The van der Waals surface area contributed by atoms with Crippen LogP contribution in [-0.4, -0.2) is 56.3 Å². The van der Waals surface area contributed by atoms with Gasteiger partial charge in [-0.1, -0.05) is 22.9 Å². The smallest absolute Gasteiger partial charge is 0.253 e. The Labute approximate surface area is 116 Å². The average molecular weight is 310 g/mol. The molecule has 1 aromatic heterocycles. The van der Waals surface area contributed by atoms with Crippen LogP contribution in [0.4, 0.5) is 0 Å². The summed E-state index contributed by atoms with van der Waals surface area (Å²) in [7, 11) is 0.229. The molecule has 0 spiro atoms. The van der Waals surface area contributed by atoms with Gasteiger partial charge in [0.1, 0.15) is 0 Å². The number of likely N-dealkylation sites (tertiary alicyclic amines) is 1. The molecule has 102 valence electrons.